The van der Waals surface area contributed by atoms with Crippen LogP contribution in [-0.4, -0.2) is 59.2 Å². The number of ether oxygens (including phenoxy) is 2. The Morgan fingerprint density at radius 3 is 2.77 bits per heavy atom. The summed E-state index contributed by atoms with van der Waals surface area (Å²) in [6.07, 6.45) is 5.59. The summed E-state index contributed by atoms with van der Waals surface area (Å²) in [5, 5.41) is 11.8. The first-order chi connectivity index (χ1) is 14.0. The molecule has 3 unspecified atom stereocenters. The van der Waals surface area contributed by atoms with Crippen molar-refractivity contribution >= 4 is 29.9 Å². The number of methoxy groups -OCH3 is 1. The first-order valence-corrected chi connectivity index (χ1v) is 11.1. The second-order valence-electron chi connectivity index (χ2n) is 8.73. The fraction of sp³-hybridized carbons (Fsp3) is 0.857. The lowest BCUT2D eigenvalue weighted by atomic mass is 9.64. The maximum absolute atomic E-state index is 6.09. The summed E-state index contributed by atoms with van der Waals surface area (Å²) in [7, 11) is 1.67. The van der Waals surface area contributed by atoms with E-state index < -0.39 is 0 Å². The lowest BCUT2D eigenvalue weighted by molar-refractivity contribution is -0.113. The van der Waals surface area contributed by atoms with Crippen LogP contribution in [0.3, 0.4) is 0 Å². The third-order valence-electron chi connectivity index (χ3n) is 6.14. The SMILES string of the molecule is CCCCOC1CC(NC(=NCC)NC2CCc3nc(COC)nn3C2)C1(C)C.I. The Morgan fingerprint density at radius 2 is 2.10 bits per heavy atom. The molecule has 9 heteroatoms. The Balaban J connectivity index is 0.00000320. The highest BCUT2D eigenvalue weighted by Gasteiger charge is 2.49. The number of rotatable bonds is 9. The van der Waals surface area contributed by atoms with E-state index >= 15 is 0 Å². The summed E-state index contributed by atoms with van der Waals surface area (Å²) in [5.74, 6) is 2.70. The van der Waals surface area contributed by atoms with Gasteiger partial charge in [0, 0.05) is 44.2 Å². The van der Waals surface area contributed by atoms with E-state index in [-0.39, 0.29) is 35.4 Å². The second kappa shape index (κ2) is 11.6. The number of aliphatic imine (C=N–C) groups is 1. The van der Waals surface area contributed by atoms with Gasteiger partial charge in [-0.3, -0.25) is 4.99 Å². The highest BCUT2D eigenvalue weighted by atomic mass is 127. The number of hydrogen-bond donors (Lipinski definition) is 2. The maximum Gasteiger partial charge on any atom is 0.191 e. The molecular formula is C21H39IN6O2. The molecule has 172 valence electrons. The van der Waals surface area contributed by atoms with Crippen molar-refractivity contribution in [3.05, 3.63) is 11.6 Å². The molecule has 2 heterocycles. The standard InChI is InChI=1S/C21H38N6O2.HI/c1-6-8-11-29-17-12-16(21(17,3)4)24-20(22-7-2)23-15-9-10-19-25-18(14-28-5)26-27(19)13-15;/h15-17H,6-14H2,1-5H3,(H2,22,23,24);1H. The van der Waals surface area contributed by atoms with Crippen LogP contribution in [0.5, 0.6) is 0 Å². The smallest absolute Gasteiger partial charge is 0.191 e. The molecule has 1 aromatic rings. The van der Waals surface area contributed by atoms with Gasteiger partial charge in [-0.05, 0) is 26.2 Å². The molecule has 3 atom stereocenters. The van der Waals surface area contributed by atoms with Gasteiger partial charge in [-0.2, -0.15) is 5.10 Å². The van der Waals surface area contributed by atoms with Gasteiger partial charge < -0.3 is 20.1 Å². The molecular weight excluding hydrogens is 495 g/mol. The number of nitrogens with zero attached hydrogens (tertiary/aromatic N) is 4. The van der Waals surface area contributed by atoms with Crippen molar-refractivity contribution in [2.75, 3.05) is 20.3 Å². The van der Waals surface area contributed by atoms with Crippen LogP contribution in [0.4, 0.5) is 0 Å². The number of fused-ring (bicyclic) bond motifs is 1. The molecule has 1 saturated carbocycles. The van der Waals surface area contributed by atoms with Gasteiger partial charge in [0.15, 0.2) is 11.8 Å². The molecule has 0 amide bonds. The van der Waals surface area contributed by atoms with Crippen LogP contribution < -0.4 is 10.6 Å². The summed E-state index contributed by atoms with van der Waals surface area (Å²) in [6, 6.07) is 0.655. The molecule has 0 saturated heterocycles. The van der Waals surface area contributed by atoms with Crippen LogP contribution in [0.1, 0.15) is 65.0 Å². The molecule has 3 rings (SSSR count). The number of unbranched alkanes of at least 4 members (excludes halogenated alkanes) is 1. The topological polar surface area (TPSA) is 85.6 Å². The Hall–Kier alpha value is -0.940. The van der Waals surface area contributed by atoms with Crippen LogP contribution in [0.2, 0.25) is 0 Å². The van der Waals surface area contributed by atoms with Crippen molar-refractivity contribution < 1.29 is 9.47 Å². The van der Waals surface area contributed by atoms with Gasteiger partial charge in [-0.25, -0.2) is 9.67 Å². The summed E-state index contributed by atoms with van der Waals surface area (Å²) in [5.41, 5.74) is 0.102. The average Bonchev–Trinajstić information content (AvgIpc) is 3.08. The van der Waals surface area contributed by atoms with Gasteiger partial charge in [-0.15, -0.1) is 24.0 Å². The van der Waals surface area contributed by atoms with Crippen molar-refractivity contribution in [3.8, 4) is 0 Å². The van der Waals surface area contributed by atoms with E-state index in [1.54, 1.807) is 7.11 Å². The molecule has 1 aromatic heterocycles. The van der Waals surface area contributed by atoms with Crippen molar-refractivity contribution in [1.29, 1.82) is 0 Å². The highest BCUT2D eigenvalue weighted by Crippen LogP contribution is 2.42. The van der Waals surface area contributed by atoms with E-state index in [2.05, 4.69) is 53.4 Å². The molecule has 1 aliphatic carbocycles. The van der Waals surface area contributed by atoms with Crippen LogP contribution in [0, 0.1) is 5.41 Å². The monoisotopic (exact) mass is 534 g/mol. The quantitative estimate of drug-likeness (QED) is 0.220. The minimum atomic E-state index is 0. The van der Waals surface area contributed by atoms with Gasteiger partial charge in [0.1, 0.15) is 12.4 Å². The summed E-state index contributed by atoms with van der Waals surface area (Å²) in [4.78, 5) is 9.24. The number of hydrogen-bond acceptors (Lipinski definition) is 5. The van der Waals surface area contributed by atoms with E-state index in [9.17, 15) is 0 Å². The Kier molecular flexibility index (Phi) is 9.80. The van der Waals surface area contributed by atoms with Crippen molar-refractivity contribution in [1.82, 2.24) is 25.4 Å². The fourth-order valence-corrected chi connectivity index (χ4v) is 4.10. The normalized spacial score (nSPS) is 25.1. The van der Waals surface area contributed by atoms with Crippen molar-refractivity contribution in [3.63, 3.8) is 0 Å². The zero-order valence-electron chi connectivity index (χ0n) is 19.1. The van der Waals surface area contributed by atoms with Crippen molar-refractivity contribution in [2.24, 2.45) is 10.4 Å². The zero-order valence-corrected chi connectivity index (χ0v) is 21.4. The van der Waals surface area contributed by atoms with Gasteiger partial charge in [-0.1, -0.05) is 27.2 Å². The number of aromatic nitrogens is 3. The molecule has 2 N–H and O–H groups in total. The first-order valence-electron chi connectivity index (χ1n) is 11.1. The third-order valence-corrected chi connectivity index (χ3v) is 6.14. The van der Waals surface area contributed by atoms with E-state index in [1.807, 2.05) is 4.68 Å². The van der Waals surface area contributed by atoms with Crippen LogP contribution in [-0.2, 0) is 29.0 Å². The molecule has 1 fully saturated rings. The molecule has 1 aliphatic heterocycles. The van der Waals surface area contributed by atoms with E-state index in [4.69, 9.17) is 9.47 Å². The predicted molar refractivity (Wildman–Crippen MR) is 129 cm³/mol. The van der Waals surface area contributed by atoms with E-state index in [0.29, 0.717) is 18.8 Å². The fourth-order valence-electron chi connectivity index (χ4n) is 4.10. The molecule has 0 radical (unpaired) electrons. The molecule has 8 nitrogen and oxygen atoms in total. The molecule has 2 aliphatic rings. The maximum atomic E-state index is 6.09. The number of nitrogens with one attached hydrogen (secondary N) is 2. The lowest BCUT2D eigenvalue weighted by Gasteiger charge is -2.52. The number of aryl methyl sites for hydroxylation is 1. The first kappa shape index (κ1) is 25.3. The van der Waals surface area contributed by atoms with Gasteiger partial charge in [0.2, 0.25) is 0 Å². The Bertz CT molecular complexity index is 693. The Morgan fingerprint density at radius 1 is 1.30 bits per heavy atom. The minimum absolute atomic E-state index is 0. The molecule has 0 aromatic carbocycles. The predicted octanol–water partition coefficient (Wildman–Crippen LogP) is 2.90. The molecule has 30 heavy (non-hydrogen) atoms. The number of halogens is 1. The largest absolute Gasteiger partial charge is 0.378 e. The van der Waals surface area contributed by atoms with Gasteiger partial charge in [0.25, 0.3) is 0 Å². The molecule has 0 spiro atoms. The van der Waals surface area contributed by atoms with Crippen LogP contribution in [0.15, 0.2) is 4.99 Å². The zero-order chi connectivity index (χ0) is 20.9. The average molecular weight is 534 g/mol. The minimum Gasteiger partial charge on any atom is -0.378 e. The Labute approximate surface area is 198 Å². The summed E-state index contributed by atoms with van der Waals surface area (Å²) >= 11 is 0. The highest BCUT2D eigenvalue weighted by molar-refractivity contribution is 14.0. The lowest BCUT2D eigenvalue weighted by Crippen LogP contribution is -2.64. The third kappa shape index (κ3) is 6.06. The van der Waals surface area contributed by atoms with Crippen molar-refractivity contribution in [2.45, 2.75) is 91.1 Å². The van der Waals surface area contributed by atoms with E-state index in [0.717, 1.165) is 63.0 Å². The van der Waals surface area contributed by atoms with Gasteiger partial charge in [0.05, 0.1) is 12.6 Å². The second-order valence-corrected chi connectivity index (χ2v) is 8.73. The molecule has 0 bridgehead atoms. The summed E-state index contributed by atoms with van der Waals surface area (Å²) < 4.78 is 13.2. The van der Waals surface area contributed by atoms with Gasteiger partial charge >= 0.3 is 0 Å². The number of guanidine groups is 1. The van der Waals surface area contributed by atoms with Crippen LogP contribution >= 0.6 is 24.0 Å². The van der Waals surface area contributed by atoms with Crippen LogP contribution in [0.25, 0.3) is 0 Å². The summed E-state index contributed by atoms with van der Waals surface area (Å²) in [6.45, 7) is 11.7. The van der Waals surface area contributed by atoms with E-state index in [1.165, 1.54) is 6.42 Å².